The zero-order chi connectivity index (χ0) is 11.6. The Bertz CT molecular complexity index is 156. The number of hydrogen-bond acceptors (Lipinski definition) is 3. The van der Waals surface area contributed by atoms with Crippen LogP contribution in [0, 0.1) is 0 Å². The Labute approximate surface area is 106 Å². The van der Waals surface area contributed by atoms with E-state index in [1.54, 1.807) is 0 Å². The first-order valence-electron chi connectivity index (χ1n) is 6.87. The summed E-state index contributed by atoms with van der Waals surface area (Å²) in [6, 6.07) is 0.780. The van der Waals surface area contributed by atoms with Gasteiger partial charge in [-0.05, 0) is 58.0 Å². The Hall–Kier alpha value is 0.270. The van der Waals surface area contributed by atoms with Crippen molar-refractivity contribution in [1.82, 2.24) is 10.2 Å². The third kappa shape index (κ3) is 6.12. The molecule has 0 saturated carbocycles. The first-order chi connectivity index (χ1) is 7.84. The van der Waals surface area contributed by atoms with Gasteiger partial charge in [0, 0.05) is 18.3 Å². The van der Waals surface area contributed by atoms with Gasteiger partial charge in [0.2, 0.25) is 0 Å². The van der Waals surface area contributed by atoms with E-state index in [1.165, 1.54) is 63.4 Å². The molecule has 1 unspecified atom stereocenters. The van der Waals surface area contributed by atoms with Gasteiger partial charge in [-0.15, -0.1) is 0 Å². The van der Waals surface area contributed by atoms with Gasteiger partial charge < -0.3 is 5.32 Å². The highest BCUT2D eigenvalue weighted by molar-refractivity contribution is 7.99. The smallest absolute Gasteiger partial charge is 0.00752 e. The van der Waals surface area contributed by atoms with Crippen molar-refractivity contribution in [1.29, 1.82) is 0 Å². The number of hydrogen-bond donors (Lipinski definition) is 1. The second-order valence-corrected chi connectivity index (χ2v) is 5.97. The van der Waals surface area contributed by atoms with Gasteiger partial charge in [0.15, 0.2) is 0 Å². The normalized spacial score (nSPS) is 20.6. The lowest BCUT2D eigenvalue weighted by Crippen LogP contribution is -2.35. The summed E-state index contributed by atoms with van der Waals surface area (Å²) >= 11 is 2.12. The van der Waals surface area contributed by atoms with E-state index in [0.717, 1.165) is 6.04 Å². The van der Waals surface area contributed by atoms with E-state index in [0.29, 0.717) is 0 Å². The summed E-state index contributed by atoms with van der Waals surface area (Å²) in [5.41, 5.74) is 0. The average Bonchev–Trinajstić information content (AvgIpc) is 2.57. The van der Waals surface area contributed by atoms with Crippen molar-refractivity contribution >= 4 is 11.8 Å². The van der Waals surface area contributed by atoms with Gasteiger partial charge in [-0.3, -0.25) is 4.90 Å². The van der Waals surface area contributed by atoms with Gasteiger partial charge in [-0.1, -0.05) is 6.92 Å². The van der Waals surface area contributed by atoms with Crippen molar-refractivity contribution in [2.24, 2.45) is 0 Å². The fraction of sp³-hybridized carbons (Fsp3) is 1.00. The van der Waals surface area contributed by atoms with Gasteiger partial charge in [0.1, 0.15) is 0 Å². The summed E-state index contributed by atoms with van der Waals surface area (Å²) in [6.07, 6.45) is 5.30. The fourth-order valence-electron chi connectivity index (χ4n) is 2.21. The lowest BCUT2D eigenvalue weighted by Gasteiger charge is -2.27. The summed E-state index contributed by atoms with van der Waals surface area (Å²) in [7, 11) is 0. The number of nitrogens with one attached hydrogen (secondary N) is 1. The third-order valence-corrected chi connectivity index (χ3v) is 4.33. The number of thioether (sulfide) groups is 1. The molecule has 1 aliphatic heterocycles. The Kier molecular flexibility index (Phi) is 8.34. The maximum Gasteiger partial charge on any atom is 0.00752 e. The molecule has 0 radical (unpaired) electrons. The highest BCUT2D eigenvalue weighted by atomic mass is 32.2. The van der Waals surface area contributed by atoms with Gasteiger partial charge in [0.25, 0.3) is 0 Å². The molecule has 0 aromatic rings. The maximum atomic E-state index is 3.48. The highest BCUT2D eigenvalue weighted by Gasteiger charge is 2.14. The molecule has 0 aromatic carbocycles. The molecule has 1 atom stereocenters. The standard InChI is InChI=1S/C13H28N2S/c1-3-7-14-8-4-6-13(2)15-9-5-11-16-12-10-15/h13-14H,3-12H2,1-2H3. The van der Waals surface area contributed by atoms with E-state index < -0.39 is 0 Å². The summed E-state index contributed by atoms with van der Waals surface area (Å²) < 4.78 is 0. The minimum atomic E-state index is 0.780. The third-order valence-electron chi connectivity index (χ3n) is 3.28. The van der Waals surface area contributed by atoms with Crippen LogP contribution in [-0.2, 0) is 0 Å². The molecule has 96 valence electrons. The summed E-state index contributed by atoms with van der Waals surface area (Å²) in [5, 5.41) is 3.48. The van der Waals surface area contributed by atoms with Gasteiger partial charge in [0.05, 0.1) is 0 Å². The van der Waals surface area contributed by atoms with Crippen LogP contribution in [0.15, 0.2) is 0 Å². The van der Waals surface area contributed by atoms with Crippen LogP contribution in [0.2, 0.25) is 0 Å². The summed E-state index contributed by atoms with van der Waals surface area (Å²) in [6.45, 7) is 9.61. The Morgan fingerprint density at radius 1 is 1.25 bits per heavy atom. The quantitative estimate of drug-likeness (QED) is 0.693. The average molecular weight is 244 g/mol. The molecule has 0 aromatic heterocycles. The van der Waals surface area contributed by atoms with Crippen LogP contribution in [0.4, 0.5) is 0 Å². The highest BCUT2D eigenvalue weighted by Crippen LogP contribution is 2.14. The Morgan fingerprint density at radius 3 is 2.94 bits per heavy atom. The molecule has 1 N–H and O–H groups in total. The van der Waals surface area contributed by atoms with E-state index in [9.17, 15) is 0 Å². The molecule has 0 aliphatic carbocycles. The lowest BCUT2D eigenvalue weighted by atomic mass is 10.1. The number of rotatable bonds is 7. The number of nitrogens with zero attached hydrogens (tertiary/aromatic N) is 1. The van der Waals surface area contributed by atoms with Gasteiger partial charge >= 0.3 is 0 Å². The van der Waals surface area contributed by atoms with Crippen molar-refractivity contribution in [2.75, 3.05) is 37.7 Å². The second-order valence-electron chi connectivity index (χ2n) is 4.74. The zero-order valence-electron chi connectivity index (χ0n) is 11.0. The molecule has 1 heterocycles. The van der Waals surface area contributed by atoms with Crippen molar-refractivity contribution < 1.29 is 0 Å². The first-order valence-corrected chi connectivity index (χ1v) is 8.02. The van der Waals surface area contributed by atoms with Crippen LogP contribution in [0.1, 0.15) is 39.5 Å². The summed E-state index contributed by atoms with van der Waals surface area (Å²) in [5.74, 6) is 2.69. The molecular formula is C13H28N2S. The van der Waals surface area contributed by atoms with Crippen molar-refractivity contribution in [3.8, 4) is 0 Å². The van der Waals surface area contributed by atoms with Crippen LogP contribution < -0.4 is 5.32 Å². The van der Waals surface area contributed by atoms with E-state index in [2.05, 4.69) is 35.8 Å². The minimum absolute atomic E-state index is 0.780. The first kappa shape index (κ1) is 14.3. The molecule has 3 heteroatoms. The largest absolute Gasteiger partial charge is 0.317 e. The second kappa shape index (κ2) is 9.32. The molecule has 0 bridgehead atoms. The molecule has 0 amide bonds. The van der Waals surface area contributed by atoms with E-state index in [4.69, 9.17) is 0 Å². The van der Waals surface area contributed by atoms with Crippen LogP contribution in [-0.4, -0.2) is 48.6 Å². The van der Waals surface area contributed by atoms with Crippen LogP contribution in [0.3, 0.4) is 0 Å². The van der Waals surface area contributed by atoms with Crippen molar-refractivity contribution in [3.05, 3.63) is 0 Å². The van der Waals surface area contributed by atoms with Crippen molar-refractivity contribution in [2.45, 2.75) is 45.6 Å². The topological polar surface area (TPSA) is 15.3 Å². The predicted octanol–water partition coefficient (Wildman–Crippen LogP) is 2.59. The predicted molar refractivity (Wildman–Crippen MR) is 75.4 cm³/mol. The zero-order valence-corrected chi connectivity index (χ0v) is 11.8. The van der Waals surface area contributed by atoms with Crippen molar-refractivity contribution in [3.63, 3.8) is 0 Å². The van der Waals surface area contributed by atoms with Gasteiger partial charge in [-0.2, -0.15) is 11.8 Å². The maximum absolute atomic E-state index is 3.48. The van der Waals surface area contributed by atoms with E-state index in [1.807, 2.05) is 0 Å². The fourth-order valence-corrected chi connectivity index (χ4v) is 3.11. The lowest BCUT2D eigenvalue weighted by molar-refractivity contribution is 0.212. The Morgan fingerprint density at radius 2 is 2.12 bits per heavy atom. The minimum Gasteiger partial charge on any atom is -0.317 e. The summed E-state index contributed by atoms with van der Waals surface area (Å²) in [4.78, 5) is 2.68. The van der Waals surface area contributed by atoms with Crippen LogP contribution in [0.25, 0.3) is 0 Å². The molecule has 1 saturated heterocycles. The van der Waals surface area contributed by atoms with E-state index >= 15 is 0 Å². The molecular weight excluding hydrogens is 216 g/mol. The Balaban J connectivity index is 2.05. The van der Waals surface area contributed by atoms with Crippen LogP contribution in [0.5, 0.6) is 0 Å². The molecule has 2 nitrogen and oxygen atoms in total. The molecule has 1 fully saturated rings. The SMILES string of the molecule is CCCNCCCC(C)N1CCCSCC1. The molecule has 0 spiro atoms. The molecule has 1 rings (SSSR count). The monoisotopic (exact) mass is 244 g/mol. The van der Waals surface area contributed by atoms with Gasteiger partial charge in [-0.25, -0.2) is 0 Å². The van der Waals surface area contributed by atoms with Crippen LogP contribution >= 0.6 is 11.8 Å². The molecule has 16 heavy (non-hydrogen) atoms. The van der Waals surface area contributed by atoms with E-state index in [-0.39, 0.29) is 0 Å². The molecule has 1 aliphatic rings.